The van der Waals surface area contributed by atoms with E-state index in [0.29, 0.717) is 38.5 Å². The van der Waals surface area contributed by atoms with Crippen molar-refractivity contribution in [1.82, 2.24) is 9.97 Å². The van der Waals surface area contributed by atoms with Crippen LogP contribution < -0.4 is 15.4 Å². The molecular formula is C22H17FN4O3S2. The Morgan fingerprint density at radius 1 is 0.969 bits per heavy atom. The van der Waals surface area contributed by atoms with Gasteiger partial charge in [-0.3, -0.25) is 20.2 Å². The predicted molar refractivity (Wildman–Crippen MR) is 123 cm³/mol. The summed E-state index contributed by atoms with van der Waals surface area (Å²) < 4.78 is 18.3. The third-order valence-corrected chi connectivity index (χ3v) is 6.29. The number of halogens is 1. The lowest BCUT2D eigenvalue weighted by Crippen LogP contribution is -2.12. The van der Waals surface area contributed by atoms with Gasteiger partial charge in [0.05, 0.1) is 28.9 Å². The number of ether oxygens (including phenoxy) is 1. The summed E-state index contributed by atoms with van der Waals surface area (Å²) in [6.07, 6.45) is 0. The maximum absolute atomic E-state index is 13.0. The highest BCUT2D eigenvalue weighted by molar-refractivity contribution is 7.20. The van der Waals surface area contributed by atoms with Gasteiger partial charge in [0, 0.05) is 10.9 Å². The van der Waals surface area contributed by atoms with E-state index in [4.69, 9.17) is 4.74 Å². The molecular weight excluding hydrogens is 451 g/mol. The standard InChI is InChI=1S/C22H17FN4O3S2/c1-12-18(32-22(24-12)27-20(29)15-5-3-4-6-17(15)30-2)16-11-31-21(25-16)26-19(28)13-7-9-14(23)10-8-13/h3-11H,1-2H3,(H,24,27,29)(H,25,26,28). The van der Waals surface area contributed by atoms with Gasteiger partial charge < -0.3 is 4.74 Å². The molecule has 0 aliphatic heterocycles. The Balaban J connectivity index is 1.48. The van der Waals surface area contributed by atoms with Crippen molar-refractivity contribution in [2.45, 2.75) is 6.92 Å². The van der Waals surface area contributed by atoms with Gasteiger partial charge in [0.1, 0.15) is 11.6 Å². The van der Waals surface area contributed by atoms with Crippen LogP contribution in [0, 0.1) is 12.7 Å². The van der Waals surface area contributed by atoms with E-state index in [0.717, 1.165) is 4.88 Å². The Kier molecular flexibility index (Phi) is 6.24. The molecule has 2 aromatic heterocycles. The second-order valence-electron chi connectivity index (χ2n) is 6.59. The summed E-state index contributed by atoms with van der Waals surface area (Å²) in [6.45, 7) is 1.82. The molecule has 4 aromatic rings. The highest BCUT2D eigenvalue weighted by Gasteiger charge is 2.18. The fraction of sp³-hybridized carbons (Fsp3) is 0.0909. The molecule has 2 heterocycles. The first-order valence-electron chi connectivity index (χ1n) is 9.39. The molecule has 0 aliphatic carbocycles. The first-order chi connectivity index (χ1) is 15.4. The van der Waals surface area contributed by atoms with E-state index in [1.54, 1.807) is 29.6 Å². The van der Waals surface area contributed by atoms with Crippen molar-refractivity contribution in [3.63, 3.8) is 0 Å². The molecule has 0 radical (unpaired) electrons. The summed E-state index contributed by atoms with van der Waals surface area (Å²) in [5.41, 5.74) is 2.08. The summed E-state index contributed by atoms with van der Waals surface area (Å²) in [6, 6.07) is 12.2. The topological polar surface area (TPSA) is 93.2 Å². The van der Waals surface area contributed by atoms with Crippen LogP contribution in [0.4, 0.5) is 14.7 Å². The largest absolute Gasteiger partial charge is 0.496 e. The number of thiazole rings is 2. The van der Waals surface area contributed by atoms with Crippen LogP contribution in [0.5, 0.6) is 5.75 Å². The third-order valence-electron chi connectivity index (χ3n) is 4.43. The van der Waals surface area contributed by atoms with E-state index in [9.17, 15) is 14.0 Å². The number of carbonyl (C=O) groups excluding carboxylic acids is 2. The lowest BCUT2D eigenvalue weighted by Gasteiger charge is -2.06. The zero-order valence-electron chi connectivity index (χ0n) is 17.0. The third kappa shape index (κ3) is 4.66. The zero-order valence-corrected chi connectivity index (χ0v) is 18.6. The second-order valence-corrected chi connectivity index (χ2v) is 8.44. The number of anilines is 2. The summed E-state index contributed by atoms with van der Waals surface area (Å²) in [5, 5.41) is 8.13. The van der Waals surface area contributed by atoms with Crippen molar-refractivity contribution in [3.05, 3.63) is 76.5 Å². The lowest BCUT2D eigenvalue weighted by molar-refractivity contribution is 0.101. The normalized spacial score (nSPS) is 10.6. The number of aryl methyl sites for hydroxylation is 1. The molecule has 0 saturated heterocycles. The van der Waals surface area contributed by atoms with Crippen molar-refractivity contribution in [2.24, 2.45) is 0 Å². The number of methoxy groups -OCH3 is 1. The van der Waals surface area contributed by atoms with Crippen LogP contribution in [0.2, 0.25) is 0 Å². The van der Waals surface area contributed by atoms with Gasteiger partial charge in [-0.05, 0) is 43.3 Å². The van der Waals surface area contributed by atoms with E-state index in [-0.39, 0.29) is 11.8 Å². The van der Waals surface area contributed by atoms with Gasteiger partial charge in [-0.15, -0.1) is 11.3 Å². The first kappa shape index (κ1) is 21.6. The van der Waals surface area contributed by atoms with Crippen LogP contribution in [0.1, 0.15) is 26.4 Å². The molecule has 2 amide bonds. The van der Waals surface area contributed by atoms with E-state index in [2.05, 4.69) is 20.6 Å². The number of nitrogens with one attached hydrogen (secondary N) is 2. The average molecular weight is 469 g/mol. The van der Waals surface area contributed by atoms with Crippen molar-refractivity contribution in [2.75, 3.05) is 17.7 Å². The number of carbonyl (C=O) groups is 2. The number of aromatic nitrogens is 2. The lowest BCUT2D eigenvalue weighted by atomic mass is 10.2. The van der Waals surface area contributed by atoms with Crippen LogP contribution in [0.15, 0.2) is 53.9 Å². The molecule has 2 N–H and O–H groups in total. The molecule has 0 saturated carbocycles. The van der Waals surface area contributed by atoms with Gasteiger partial charge in [-0.1, -0.05) is 23.5 Å². The van der Waals surface area contributed by atoms with E-state index in [1.165, 1.54) is 54.0 Å². The fourth-order valence-electron chi connectivity index (χ4n) is 2.89. The molecule has 0 bridgehead atoms. The fourth-order valence-corrected chi connectivity index (χ4v) is 4.58. The monoisotopic (exact) mass is 468 g/mol. The molecule has 0 atom stereocenters. The van der Waals surface area contributed by atoms with E-state index >= 15 is 0 Å². The Hall–Kier alpha value is -3.63. The second kappa shape index (κ2) is 9.25. The maximum atomic E-state index is 13.0. The average Bonchev–Trinajstić information content (AvgIpc) is 3.40. The minimum Gasteiger partial charge on any atom is -0.496 e. The molecule has 0 spiro atoms. The zero-order chi connectivity index (χ0) is 22.7. The highest BCUT2D eigenvalue weighted by atomic mass is 32.1. The number of nitrogens with zero attached hydrogens (tertiary/aromatic N) is 2. The summed E-state index contributed by atoms with van der Waals surface area (Å²) in [7, 11) is 1.51. The first-order valence-corrected chi connectivity index (χ1v) is 11.1. The molecule has 7 nitrogen and oxygen atoms in total. The van der Waals surface area contributed by atoms with Gasteiger partial charge >= 0.3 is 0 Å². The van der Waals surface area contributed by atoms with Crippen molar-refractivity contribution in [1.29, 1.82) is 0 Å². The number of hydrogen-bond donors (Lipinski definition) is 2. The van der Waals surface area contributed by atoms with Crippen molar-refractivity contribution in [3.8, 4) is 16.3 Å². The molecule has 2 aromatic carbocycles. The van der Waals surface area contributed by atoms with Crippen LogP contribution in [0.25, 0.3) is 10.6 Å². The molecule has 162 valence electrons. The van der Waals surface area contributed by atoms with Gasteiger partial charge in [0.2, 0.25) is 0 Å². The summed E-state index contributed by atoms with van der Waals surface area (Å²) in [5.74, 6) is -0.642. The summed E-state index contributed by atoms with van der Waals surface area (Å²) >= 11 is 2.55. The van der Waals surface area contributed by atoms with E-state index in [1.807, 2.05) is 6.92 Å². The number of rotatable bonds is 6. The number of para-hydroxylation sites is 1. The van der Waals surface area contributed by atoms with Crippen LogP contribution in [0.3, 0.4) is 0 Å². The molecule has 4 rings (SSSR count). The SMILES string of the molecule is COc1ccccc1C(=O)Nc1nc(C)c(-c2csc(NC(=O)c3ccc(F)cc3)n2)s1. The summed E-state index contributed by atoms with van der Waals surface area (Å²) in [4.78, 5) is 34.6. The van der Waals surface area contributed by atoms with Gasteiger partial charge in [0.25, 0.3) is 11.8 Å². The van der Waals surface area contributed by atoms with Crippen LogP contribution in [-0.4, -0.2) is 28.9 Å². The minimum atomic E-state index is -0.410. The molecule has 0 fully saturated rings. The predicted octanol–water partition coefficient (Wildman–Crippen LogP) is 5.23. The number of hydrogen-bond acceptors (Lipinski definition) is 7. The van der Waals surface area contributed by atoms with E-state index < -0.39 is 5.82 Å². The van der Waals surface area contributed by atoms with Gasteiger partial charge in [-0.2, -0.15) is 0 Å². The quantitative estimate of drug-likeness (QED) is 0.404. The van der Waals surface area contributed by atoms with Crippen molar-refractivity contribution < 1.29 is 18.7 Å². The number of amides is 2. The Labute approximate surface area is 190 Å². The smallest absolute Gasteiger partial charge is 0.261 e. The highest BCUT2D eigenvalue weighted by Crippen LogP contribution is 2.35. The van der Waals surface area contributed by atoms with Gasteiger partial charge in [0.15, 0.2) is 10.3 Å². The molecule has 0 aliphatic rings. The Bertz CT molecular complexity index is 1280. The Morgan fingerprint density at radius 3 is 2.44 bits per heavy atom. The molecule has 10 heteroatoms. The number of benzene rings is 2. The van der Waals surface area contributed by atoms with Gasteiger partial charge in [-0.25, -0.2) is 14.4 Å². The Morgan fingerprint density at radius 2 is 1.69 bits per heavy atom. The molecule has 0 unspecified atom stereocenters. The maximum Gasteiger partial charge on any atom is 0.261 e. The van der Waals surface area contributed by atoms with Crippen molar-refractivity contribution >= 4 is 44.8 Å². The minimum absolute atomic E-state index is 0.326. The molecule has 32 heavy (non-hydrogen) atoms. The van der Waals surface area contributed by atoms with Crippen LogP contribution >= 0.6 is 22.7 Å². The van der Waals surface area contributed by atoms with Crippen LogP contribution in [-0.2, 0) is 0 Å².